The van der Waals surface area contributed by atoms with Crippen molar-refractivity contribution in [1.29, 1.82) is 0 Å². The molecule has 0 bridgehead atoms. The van der Waals surface area contributed by atoms with E-state index in [1.165, 1.54) is 11.1 Å². The normalized spacial score (nSPS) is 16.8. The molecule has 136 valence electrons. The molecule has 0 atom stereocenters. The van der Waals surface area contributed by atoms with Crippen molar-refractivity contribution in [3.63, 3.8) is 0 Å². The first-order valence-corrected chi connectivity index (χ1v) is 8.50. The SMILES string of the molecule is CCc1ccc(C(C)(C)CNC(=NC)NCC2(C)COC2)cc1.I. The Kier molecular flexibility index (Phi) is 7.99. The van der Waals surface area contributed by atoms with Crippen LogP contribution >= 0.6 is 24.0 Å². The fraction of sp³-hybridized carbons (Fsp3) is 0.632. The van der Waals surface area contributed by atoms with Crippen molar-refractivity contribution in [3.05, 3.63) is 35.4 Å². The predicted octanol–water partition coefficient (Wildman–Crippen LogP) is 3.35. The molecule has 1 heterocycles. The highest BCUT2D eigenvalue weighted by Gasteiger charge is 2.33. The maximum absolute atomic E-state index is 5.29. The average molecular weight is 445 g/mol. The van der Waals surface area contributed by atoms with Gasteiger partial charge in [0.15, 0.2) is 5.96 Å². The van der Waals surface area contributed by atoms with E-state index in [2.05, 4.69) is 67.6 Å². The fourth-order valence-corrected chi connectivity index (χ4v) is 2.67. The molecule has 1 aromatic rings. The van der Waals surface area contributed by atoms with Crippen molar-refractivity contribution < 1.29 is 4.74 Å². The van der Waals surface area contributed by atoms with Crippen LogP contribution in [0.25, 0.3) is 0 Å². The second-order valence-electron chi connectivity index (χ2n) is 7.52. The maximum atomic E-state index is 5.29. The highest BCUT2D eigenvalue weighted by molar-refractivity contribution is 14.0. The van der Waals surface area contributed by atoms with Crippen LogP contribution in [0, 0.1) is 5.41 Å². The quantitative estimate of drug-likeness (QED) is 0.401. The van der Waals surface area contributed by atoms with E-state index < -0.39 is 0 Å². The number of aliphatic imine (C=N–C) groups is 1. The summed E-state index contributed by atoms with van der Waals surface area (Å²) in [4.78, 5) is 4.33. The standard InChI is InChI=1S/C19H31N3O.HI/c1-6-15-7-9-16(10-8-15)18(2,3)11-21-17(20-5)22-12-19(4)13-23-14-19;/h7-10H,6,11-14H2,1-5H3,(H2,20,21,22);1H. The number of aryl methyl sites for hydroxylation is 1. The Morgan fingerprint density at radius 3 is 2.29 bits per heavy atom. The number of nitrogens with zero attached hydrogens (tertiary/aromatic N) is 1. The molecule has 0 unspecified atom stereocenters. The fourth-order valence-electron chi connectivity index (χ4n) is 2.67. The molecular weight excluding hydrogens is 413 g/mol. The summed E-state index contributed by atoms with van der Waals surface area (Å²) in [5.41, 5.74) is 3.01. The molecule has 0 aromatic heterocycles. The summed E-state index contributed by atoms with van der Waals surface area (Å²) in [6.45, 7) is 12.3. The van der Waals surface area contributed by atoms with Crippen molar-refractivity contribution in [2.75, 3.05) is 33.4 Å². The molecule has 0 spiro atoms. The Morgan fingerprint density at radius 1 is 1.21 bits per heavy atom. The van der Waals surface area contributed by atoms with Gasteiger partial charge in [0.2, 0.25) is 0 Å². The van der Waals surface area contributed by atoms with Crippen LogP contribution in [0.5, 0.6) is 0 Å². The number of nitrogens with one attached hydrogen (secondary N) is 2. The van der Waals surface area contributed by atoms with Gasteiger partial charge in [-0.25, -0.2) is 0 Å². The van der Waals surface area contributed by atoms with Gasteiger partial charge in [-0.1, -0.05) is 52.0 Å². The largest absolute Gasteiger partial charge is 0.380 e. The Hall–Kier alpha value is -0.820. The van der Waals surface area contributed by atoms with E-state index in [0.717, 1.165) is 38.7 Å². The Balaban J connectivity index is 0.00000288. The highest BCUT2D eigenvalue weighted by Crippen LogP contribution is 2.25. The second kappa shape index (κ2) is 9.04. The summed E-state index contributed by atoms with van der Waals surface area (Å²) in [7, 11) is 1.82. The van der Waals surface area contributed by atoms with Gasteiger partial charge in [-0.15, -0.1) is 24.0 Å². The maximum Gasteiger partial charge on any atom is 0.191 e. The van der Waals surface area contributed by atoms with Crippen LogP contribution in [0.4, 0.5) is 0 Å². The number of benzene rings is 1. The van der Waals surface area contributed by atoms with Crippen LogP contribution < -0.4 is 10.6 Å². The van der Waals surface area contributed by atoms with Gasteiger partial charge in [0.1, 0.15) is 0 Å². The van der Waals surface area contributed by atoms with E-state index in [1.54, 1.807) is 0 Å². The molecule has 1 aliphatic heterocycles. The van der Waals surface area contributed by atoms with Gasteiger partial charge in [0.25, 0.3) is 0 Å². The molecule has 0 amide bonds. The third-order valence-corrected chi connectivity index (χ3v) is 4.65. The van der Waals surface area contributed by atoms with E-state index in [-0.39, 0.29) is 34.8 Å². The zero-order chi connectivity index (χ0) is 16.9. The van der Waals surface area contributed by atoms with Gasteiger partial charge >= 0.3 is 0 Å². The molecule has 2 rings (SSSR count). The highest BCUT2D eigenvalue weighted by atomic mass is 127. The topological polar surface area (TPSA) is 45.7 Å². The first-order chi connectivity index (χ1) is 10.9. The number of rotatable bonds is 6. The van der Waals surface area contributed by atoms with Crippen LogP contribution in [0.15, 0.2) is 29.3 Å². The average Bonchev–Trinajstić information content (AvgIpc) is 2.53. The molecule has 1 aromatic carbocycles. The lowest BCUT2D eigenvalue weighted by molar-refractivity contribution is -0.0971. The number of ether oxygens (including phenoxy) is 1. The minimum absolute atomic E-state index is 0. The van der Waals surface area contributed by atoms with Gasteiger partial charge in [-0.2, -0.15) is 0 Å². The van der Waals surface area contributed by atoms with Gasteiger partial charge in [0.05, 0.1) is 13.2 Å². The Morgan fingerprint density at radius 2 is 1.83 bits per heavy atom. The summed E-state index contributed by atoms with van der Waals surface area (Å²) < 4.78 is 5.29. The molecule has 1 fully saturated rings. The van der Waals surface area contributed by atoms with Crippen molar-refractivity contribution in [2.24, 2.45) is 10.4 Å². The van der Waals surface area contributed by atoms with Crippen LogP contribution in [0.1, 0.15) is 38.8 Å². The monoisotopic (exact) mass is 445 g/mol. The van der Waals surface area contributed by atoms with Crippen LogP contribution in [-0.4, -0.2) is 39.3 Å². The minimum Gasteiger partial charge on any atom is -0.380 e. The molecule has 24 heavy (non-hydrogen) atoms. The molecule has 0 aliphatic carbocycles. The minimum atomic E-state index is 0. The van der Waals surface area contributed by atoms with Crippen molar-refractivity contribution in [2.45, 2.75) is 39.5 Å². The number of guanidine groups is 1. The van der Waals surface area contributed by atoms with Gasteiger partial charge in [0, 0.05) is 31.0 Å². The summed E-state index contributed by atoms with van der Waals surface area (Å²) in [5, 5.41) is 6.87. The molecule has 4 nitrogen and oxygen atoms in total. The van der Waals surface area contributed by atoms with Gasteiger partial charge in [-0.05, 0) is 17.5 Å². The molecule has 5 heteroatoms. The van der Waals surface area contributed by atoms with Crippen LogP contribution in [-0.2, 0) is 16.6 Å². The molecule has 0 radical (unpaired) electrons. The van der Waals surface area contributed by atoms with E-state index >= 15 is 0 Å². The van der Waals surface area contributed by atoms with Crippen molar-refractivity contribution in [3.8, 4) is 0 Å². The summed E-state index contributed by atoms with van der Waals surface area (Å²) in [5.74, 6) is 0.858. The smallest absolute Gasteiger partial charge is 0.191 e. The van der Waals surface area contributed by atoms with E-state index in [1.807, 2.05) is 7.05 Å². The second-order valence-corrected chi connectivity index (χ2v) is 7.52. The number of hydrogen-bond acceptors (Lipinski definition) is 2. The third kappa shape index (κ3) is 5.62. The van der Waals surface area contributed by atoms with E-state index in [9.17, 15) is 0 Å². The lowest BCUT2D eigenvalue weighted by atomic mass is 9.84. The lowest BCUT2D eigenvalue weighted by Crippen LogP contribution is -2.52. The molecule has 1 aliphatic rings. The first kappa shape index (κ1) is 21.2. The number of halogens is 1. The van der Waals surface area contributed by atoms with Crippen molar-refractivity contribution in [1.82, 2.24) is 10.6 Å². The Labute approximate surface area is 163 Å². The molecule has 2 N–H and O–H groups in total. The number of hydrogen-bond donors (Lipinski definition) is 2. The molecule has 1 saturated heterocycles. The van der Waals surface area contributed by atoms with Crippen LogP contribution in [0.2, 0.25) is 0 Å². The summed E-state index contributed by atoms with van der Waals surface area (Å²) in [6.07, 6.45) is 1.08. The summed E-state index contributed by atoms with van der Waals surface area (Å²) >= 11 is 0. The molecular formula is C19H32IN3O. The third-order valence-electron chi connectivity index (χ3n) is 4.65. The van der Waals surface area contributed by atoms with Crippen molar-refractivity contribution >= 4 is 29.9 Å². The van der Waals surface area contributed by atoms with Gasteiger partial charge < -0.3 is 15.4 Å². The zero-order valence-electron chi connectivity index (χ0n) is 15.6. The zero-order valence-corrected chi connectivity index (χ0v) is 17.9. The lowest BCUT2D eigenvalue weighted by Gasteiger charge is -2.38. The Bertz CT molecular complexity index is 536. The molecule has 0 saturated carbocycles. The van der Waals surface area contributed by atoms with Gasteiger partial charge in [-0.3, -0.25) is 4.99 Å². The van der Waals surface area contributed by atoms with Crippen LogP contribution in [0.3, 0.4) is 0 Å². The predicted molar refractivity (Wildman–Crippen MR) is 113 cm³/mol. The van der Waals surface area contributed by atoms with E-state index in [0.29, 0.717) is 0 Å². The summed E-state index contributed by atoms with van der Waals surface area (Å²) in [6, 6.07) is 8.93. The van der Waals surface area contributed by atoms with E-state index in [4.69, 9.17) is 4.74 Å². The first-order valence-electron chi connectivity index (χ1n) is 8.50.